The average molecular weight is 323 g/mol. The standard InChI is InChI=1S/C13H15ClN6O2/c1-15-12(21)5-16-6-13(22)19-10-4-9(14)2-3-11(10)20-8-17-7-18-20/h2-4,7-8,16H,5-6H2,1H3,(H,15,21)(H,19,22). The fourth-order valence-electron chi connectivity index (χ4n) is 1.71. The van der Waals surface area contributed by atoms with Gasteiger partial charge in [-0.25, -0.2) is 9.67 Å². The zero-order valence-electron chi connectivity index (χ0n) is 11.8. The second-order valence-corrected chi connectivity index (χ2v) is 4.76. The van der Waals surface area contributed by atoms with Crippen molar-refractivity contribution in [3.05, 3.63) is 35.9 Å². The maximum Gasteiger partial charge on any atom is 0.238 e. The summed E-state index contributed by atoms with van der Waals surface area (Å²) in [5.41, 5.74) is 1.14. The molecule has 0 saturated heterocycles. The van der Waals surface area contributed by atoms with Crippen LogP contribution in [0.5, 0.6) is 0 Å². The van der Waals surface area contributed by atoms with Gasteiger partial charge in [-0.1, -0.05) is 11.6 Å². The molecule has 0 bridgehead atoms. The SMILES string of the molecule is CNC(=O)CNCC(=O)Nc1cc(Cl)ccc1-n1cncn1. The third-order valence-electron chi connectivity index (χ3n) is 2.75. The lowest BCUT2D eigenvalue weighted by molar-refractivity contribution is -0.119. The number of halogens is 1. The molecule has 116 valence electrons. The summed E-state index contributed by atoms with van der Waals surface area (Å²) in [6.45, 7) is 0.0616. The zero-order valence-corrected chi connectivity index (χ0v) is 12.6. The Morgan fingerprint density at radius 2 is 2.05 bits per heavy atom. The average Bonchev–Trinajstić information content (AvgIpc) is 3.01. The molecule has 0 fully saturated rings. The first-order valence-electron chi connectivity index (χ1n) is 6.46. The molecule has 2 rings (SSSR count). The van der Waals surface area contributed by atoms with Crippen LogP contribution in [0.25, 0.3) is 5.69 Å². The van der Waals surface area contributed by atoms with Crippen molar-refractivity contribution in [2.75, 3.05) is 25.5 Å². The predicted molar refractivity (Wildman–Crippen MR) is 81.9 cm³/mol. The molecule has 3 N–H and O–H groups in total. The van der Waals surface area contributed by atoms with Crippen LogP contribution in [0.4, 0.5) is 5.69 Å². The Labute approximate surface area is 131 Å². The summed E-state index contributed by atoms with van der Waals surface area (Å²) in [5.74, 6) is -0.494. The minimum Gasteiger partial charge on any atom is -0.358 e. The van der Waals surface area contributed by atoms with Crippen LogP contribution in [-0.4, -0.2) is 46.7 Å². The molecule has 2 amide bonds. The van der Waals surface area contributed by atoms with Crippen LogP contribution >= 0.6 is 11.6 Å². The van der Waals surface area contributed by atoms with Crippen molar-refractivity contribution in [1.82, 2.24) is 25.4 Å². The van der Waals surface area contributed by atoms with Gasteiger partial charge in [0.1, 0.15) is 12.7 Å². The van der Waals surface area contributed by atoms with Crippen LogP contribution in [0.3, 0.4) is 0 Å². The number of carbonyl (C=O) groups is 2. The zero-order chi connectivity index (χ0) is 15.9. The molecule has 0 atom stereocenters. The third-order valence-corrected chi connectivity index (χ3v) is 2.98. The number of nitrogens with zero attached hydrogens (tertiary/aromatic N) is 3. The minimum absolute atomic E-state index is 0.00324. The van der Waals surface area contributed by atoms with E-state index in [0.29, 0.717) is 16.4 Å². The molecule has 8 nitrogen and oxygen atoms in total. The lowest BCUT2D eigenvalue weighted by Gasteiger charge is -2.11. The van der Waals surface area contributed by atoms with Gasteiger partial charge in [0.15, 0.2) is 0 Å². The van der Waals surface area contributed by atoms with E-state index in [1.165, 1.54) is 24.4 Å². The number of aromatic nitrogens is 3. The first-order chi connectivity index (χ1) is 10.6. The fourth-order valence-corrected chi connectivity index (χ4v) is 1.89. The number of likely N-dealkylation sites (N-methyl/N-ethyl adjacent to an activating group) is 1. The van der Waals surface area contributed by atoms with Gasteiger partial charge in [0.05, 0.1) is 24.5 Å². The molecular formula is C13H15ClN6O2. The number of nitrogens with one attached hydrogen (secondary N) is 3. The summed E-state index contributed by atoms with van der Waals surface area (Å²) >= 11 is 5.96. The van der Waals surface area contributed by atoms with Gasteiger partial charge in [0.25, 0.3) is 0 Å². The van der Waals surface area contributed by atoms with Crippen molar-refractivity contribution < 1.29 is 9.59 Å². The maximum atomic E-state index is 11.9. The number of hydrogen-bond acceptors (Lipinski definition) is 5. The Hall–Kier alpha value is -2.45. The fraction of sp³-hybridized carbons (Fsp3) is 0.231. The lowest BCUT2D eigenvalue weighted by atomic mass is 10.2. The normalized spacial score (nSPS) is 10.3. The molecule has 2 aromatic rings. The van der Waals surface area contributed by atoms with Crippen molar-refractivity contribution in [2.24, 2.45) is 0 Å². The van der Waals surface area contributed by atoms with Crippen molar-refractivity contribution in [1.29, 1.82) is 0 Å². The highest BCUT2D eigenvalue weighted by atomic mass is 35.5. The van der Waals surface area contributed by atoms with Gasteiger partial charge in [-0.2, -0.15) is 5.10 Å². The maximum absolute atomic E-state index is 11.9. The molecule has 0 saturated carbocycles. The van der Waals surface area contributed by atoms with E-state index < -0.39 is 0 Å². The Bertz CT molecular complexity index is 659. The summed E-state index contributed by atoms with van der Waals surface area (Å²) in [6.07, 6.45) is 2.91. The summed E-state index contributed by atoms with van der Waals surface area (Å²) in [6, 6.07) is 5.04. The van der Waals surface area contributed by atoms with Crippen LogP contribution in [0.15, 0.2) is 30.9 Å². The van der Waals surface area contributed by atoms with E-state index in [-0.39, 0.29) is 24.9 Å². The second kappa shape index (κ2) is 7.53. The molecule has 1 heterocycles. The lowest BCUT2D eigenvalue weighted by Crippen LogP contribution is -2.36. The monoisotopic (exact) mass is 322 g/mol. The Kier molecular flexibility index (Phi) is 5.45. The number of amides is 2. The topological polar surface area (TPSA) is 101 Å². The molecule has 1 aromatic heterocycles. The Balaban J connectivity index is 2.04. The van der Waals surface area contributed by atoms with E-state index >= 15 is 0 Å². The Morgan fingerprint density at radius 1 is 1.27 bits per heavy atom. The van der Waals surface area contributed by atoms with Crippen molar-refractivity contribution in [3.63, 3.8) is 0 Å². The highest BCUT2D eigenvalue weighted by Gasteiger charge is 2.10. The van der Waals surface area contributed by atoms with Crippen molar-refractivity contribution in [2.45, 2.75) is 0 Å². The van der Waals surface area contributed by atoms with E-state index in [0.717, 1.165) is 0 Å². The van der Waals surface area contributed by atoms with Crippen LogP contribution in [0.1, 0.15) is 0 Å². The second-order valence-electron chi connectivity index (χ2n) is 4.33. The third kappa shape index (κ3) is 4.27. The van der Waals surface area contributed by atoms with Gasteiger partial charge in [0.2, 0.25) is 11.8 Å². The van der Waals surface area contributed by atoms with Crippen molar-refractivity contribution in [3.8, 4) is 5.69 Å². The molecule has 0 spiro atoms. The van der Waals surface area contributed by atoms with Crippen LogP contribution in [0.2, 0.25) is 5.02 Å². The minimum atomic E-state index is -0.299. The van der Waals surface area contributed by atoms with E-state index in [2.05, 4.69) is 26.0 Å². The smallest absolute Gasteiger partial charge is 0.238 e. The predicted octanol–water partition coefficient (Wildman–Crippen LogP) is 0.195. The summed E-state index contributed by atoms with van der Waals surface area (Å²) in [7, 11) is 1.53. The van der Waals surface area contributed by atoms with Gasteiger partial charge in [-0.05, 0) is 18.2 Å². The first-order valence-corrected chi connectivity index (χ1v) is 6.83. The highest BCUT2D eigenvalue weighted by Crippen LogP contribution is 2.23. The number of anilines is 1. The van der Waals surface area contributed by atoms with Gasteiger partial charge in [-0.3, -0.25) is 14.9 Å². The van der Waals surface area contributed by atoms with E-state index in [1.807, 2.05) is 0 Å². The molecule has 22 heavy (non-hydrogen) atoms. The van der Waals surface area contributed by atoms with Gasteiger partial charge in [-0.15, -0.1) is 0 Å². The number of rotatable bonds is 6. The van der Waals surface area contributed by atoms with E-state index in [4.69, 9.17) is 11.6 Å². The summed E-state index contributed by atoms with van der Waals surface area (Å²) in [5, 5.41) is 12.4. The van der Waals surface area contributed by atoms with E-state index in [1.54, 1.807) is 18.2 Å². The van der Waals surface area contributed by atoms with Crippen LogP contribution in [0, 0.1) is 0 Å². The van der Waals surface area contributed by atoms with Gasteiger partial charge >= 0.3 is 0 Å². The largest absolute Gasteiger partial charge is 0.358 e. The van der Waals surface area contributed by atoms with Gasteiger partial charge < -0.3 is 10.6 Å². The van der Waals surface area contributed by atoms with Crippen LogP contribution < -0.4 is 16.0 Å². The van der Waals surface area contributed by atoms with Crippen LogP contribution in [-0.2, 0) is 9.59 Å². The first kappa shape index (κ1) is 15.9. The molecule has 0 aliphatic rings. The molecule has 1 aromatic carbocycles. The molecule has 0 aliphatic carbocycles. The molecule has 0 radical (unpaired) electrons. The summed E-state index contributed by atoms with van der Waals surface area (Å²) in [4.78, 5) is 26.9. The number of carbonyl (C=O) groups excluding carboxylic acids is 2. The van der Waals surface area contributed by atoms with Gasteiger partial charge in [0, 0.05) is 12.1 Å². The molecule has 0 aliphatic heterocycles. The quantitative estimate of drug-likeness (QED) is 0.705. The van der Waals surface area contributed by atoms with E-state index in [9.17, 15) is 9.59 Å². The molecule has 9 heteroatoms. The van der Waals surface area contributed by atoms with Crippen molar-refractivity contribution >= 4 is 29.1 Å². The summed E-state index contributed by atoms with van der Waals surface area (Å²) < 4.78 is 1.52. The highest BCUT2D eigenvalue weighted by molar-refractivity contribution is 6.31. The molecular weight excluding hydrogens is 308 g/mol. The number of hydrogen-bond donors (Lipinski definition) is 3. The number of benzene rings is 1. The molecule has 0 unspecified atom stereocenters. The Morgan fingerprint density at radius 3 is 2.73 bits per heavy atom.